The van der Waals surface area contributed by atoms with Crippen LogP contribution in [-0.2, 0) is 0 Å². The first-order chi connectivity index (χ1) is 9.52. The van der Waals surface area contributed by atoms with Crippen molar-refractivity contribution in [2.45, 2.75) is 13.0 Å². The van der Waals surface area contributed by atoms with Gasteiger partial charge >= 0.3 is 0 Å². The summed E-state index contributed by atoms with van der Waals surface area (Å²) in [7, 11) is 0. The van der Waals surface area contributed by atoms with E-state index in [2.05, 4.69) is 5.32 Å². The largest absolute Gasteiger partial charge is 0.306 e. The lowest BCUT2D eigenvalue weighted by molar-refractivity contribution is 0.481. The SMILES string of the molecule is CCNC(c1cc(F)cc(F)c1)c1cccc(F)c1F. The molecule has 5 heteroatoms. The van der Waals surface area contributed by atoms with Gasteiger partial charge in [-0.3, -0.25) is 0 Å². The van der Waals surface area contributed by atoms with E-state index in [1.165, 1.54) is 12.1 Å². The Morgan fingerprint density at radius 2 is 1.65 bits per heavy atom. The van der Waals surface area contributed by atoms with Crippen LogP contribution >= 0.6 is 0 Å². The predicted octanol–water partition coefficient (Wildman–Crippen LogP) is 3.94. The Morgan fingerprint density at radius 3 is 2.25 bits per heavy atom. The number of hydrogen-bond acceptors (Lipinski definition) is 1. The quantitative estimate of drug-likeness (QED) is 0.838. The van der Waals surface area contributed by atoms with Gasteiger partial charge in [-0.05, 0) is 30.3 Å². The van der Waals surface area contributed by atoms with Crippen LogP contribution in [0.25, 0.3) is 0 Å². The normalized spacial score (nSPS) is 12.4. The van der Waals surface area contributed by atoms with Crippen LogP contribution in [0.15, 0.2) is 36.4 Å². The topological polar surface area (TPSA) is 12.0 Å². The van der Waals surface area contributed by atoms with E-state index in [-0.39, 0.29) is 11.1 Å². The van der Waals surface area contributed by atoms with E-state index in [4.69, 9.17) is 0 Å². The van der Waals surface area contributed by atoms with Crippen LogP contribution in [-0.4, -0.2) is 6.54 Å². The molecule has 0 aliphatic rings. The Kier molecular flexibility index (Phi) is 4.39. The van der Waals surface area contributed by atoms with E-state index in [0.717, 1.165) is 24.3 Å². The number of nitrogens with one attached hydrogen (secondary N) is 1. The molecule has 1 atom stereocenters. The minimum absolute atomic E-state index is 0.0110. The van der Waals surface area contributed by atoms with Crippen LogP contribution < -0.4 is 5.32 Å². The summed E-state index contributed by atoms with van der Waals surface area (Å²) in [5, 5.41) is 2.90. The molecule has 0 fully saturated rings. The minimum atomic E-state index is -1.02. The van der Waals surface area contributed by atoms with Crippen LogP contribution in [0.5, 0.6) is 0 Å². The van der Waals surface area contributed by atoms with Crippen LogP contribution in [0.1, 0.15) is 24.1 Å². The summed E-state index contributed by atoms with van der Waals surface area (Å²) in [5.74, 6) is -3.55. The van der Waals surface area contributed by atoms with Gasteiger partial charge in [0.1, 0.15) is 11.6 Å². The first-order valence-corrected chi connectivity index (χ1v) is 6.16. The highest BCUT2D eigenvalue weighted by Gasteiger charge is 2.20. The van der Waals surface area contributed by atoms with Crippen LogP contribution in [0.4, 0.5) is 17.6 Å². The number of hydrogen-bond donors (Lipinski definition) is 1. The zero-order valence-electron chi connectivity index (χ0n) is 10.8. The van der Waals surface area contributed by atoms with Crippen molar-refractivity contribution in [2.75, 3.05) is 6.54 Å². The molecule has 1 N–H and O–H groups in total. The van der Waals surface area contributed by atoms with Gasteiger partial charge in [0.15, 0.2) is 11.6 Å². The molecule has 1 nitrogen and oxygen atoms in total. The lowest BCUT2D eigenvalue weighted by Gasteiger charge is -2.20. The monoisotopic (exact) mass is 283 g/mol. The molecular weight excluding hydrogens is 270 g/mol. The number of benzene rings is 2. The van der Waals surface area contributed by atoms with E-state index in [1.54, 1.807) is 6.92 Å². The van der Waals surface area contributed by atoms with Crippen molar-refractivity contribution in [3.63, 3.8) is 0 Å². The Bertz CT molecular complexity index is 593. The van der Waals surface area contributed by atoms with Crippen molar-refractivity contribution in [2.24, 2.45) is 0 Å². The Morgan fingerprint density at radius 1 is 1.00 bits per heavy atom. The van der Waals surface area contributed by atoms with Crippen molar-refractivity contribution < 1.29 is 17.6 Å². The molecule has 2 aromatic carbocycles. The summed E-state index contributed by atoms with van der Waals surface area (Å²) in [6.45, 7) is 2.19. The molecule has 0 radical (unpaired) electrons. The molecule has 0 amide bonds. The van der Waals surface area contributed by atoms with Crippen LogP contribution in [0, 0.1) is 23.3 Å². The molecule has 0 saturated carbocycles. The van der Waals surface area contributed by atoms with Gasteiger partial charge in [0.2, 0.25) is 0 Å². The van der Waals surface area contributed by atoms with Gasteiger partial charge in [0.25, 0.3) is 0 Å². The van der Waals surface area contributed by atoms with Gasteiger partial charge in [-0.25, -0.2) is 17.6 Å². The summed E-state index contributed by atoms with van der Waals surface area (Å²) >= 11 is 0. The Balaban J connectivity index is 2.53. The van der Waals surface area contributed by atoms with Gasteiger partial charge in [0.05, 0.1) is 6.04 Å². The van der Waals surface area contributed by atoms with E-state index < -0.39 is 29.3 Å². The molecule has 0 spiro atoms. The van der Waals surface area contributed by atoms with Crippen molar-refractivity contribution in [1.29, 1.82) is 0 Å². The maximum absolute atomic E-state index is 13.9. The molecular formula is C15H13F4N. The van der Waals surface area contributed by atoms with Crippen molar-refractivity contribution in [3.8, 4) is 0 Å². The summed E-state index contributed by atoms with van der Waals surface area (Å²) in [6.07, 6.45) is 0. The second-order valence-electron chi connectivity index (χ2n) is 4.34. The predicted molar refractivity (Wildman–Crippen MR) is 68.2 cm³/mol. The first-order valence-electron chi connectivity index (χ1n) is 6.16. The molecule has 0 bridgehead atoms. The third kappa shape index (κ3) is 2.99. The fourth-order valence-electron chi connectivity index (χ4n) is 2.10. The van der Waals surface area contributed by atoms with E-state index >= 15 is 0 Å². The average molecular weight is 283 g/mol. The third-order valence-electron chi connectivity index (χ3n) is 2.92. The highest BCUT2D eigenvalue weighted by atomic mass is 19.2. The molecule has 2 aromatic rings. The van der Waals surface area contributed by atoms with Crippen molar-refractivity contribution in [1.82, 2.24) is 5.32 Å². The maximum atomic E-state index is 13.9. The van der Waals surface area contributed by atoms with Crippen LogP contribution in [0.3, 0.4) is 0 Å². The molecule has 0 aliphatic carbocycles. The Labute approximate surface area is 114 Å². The molecule has 2 rings (SSSR count). The van der Waals surface area contributed by atoms with E-state index in [0.29, 0.717) is 6.54 Å². The molecule has 0 heterocycles. The fourth-order valence-corrected chi connectivity index (χ4v) is 2.10. The first kappa shape index (κ1) is 14.5. The van der Waals surface area contributed by atoms with Gasteiger partial charge in [-0.15, -0.1) is 0 Å². The molecule has 1 unspecified atom stereocenters. The lowest BCUT2D eigenvalue weighted by Crippen LogP contribution is -2.23. The Hall–Kier alpha value is -1.88. The smallest absolute Gasteiger partial charge is 0.163 e. The highest BCUT2D eigenvalue weighted by molar-refractivity contribution is 5.33. The van der Waals surface area contributed by atoms with Crippen molar-refractivity contribution in [3.05, 3.63) is 70.8 Å². The number of halogens is 4. The van der Waals surface area contributed by atoms with Gasteiger partial charge < -0.3 is 5.32 Å². The zero-order valence-corrected chi connectivity index (χ0v) is 10.8. The lowest BCUT2D eigenvalue weighted by atomic mass is 9.97. The minimum Gasteiger partial charge on any atom is -0.306 e. The van der Waals surface area contributed by atoms with Crippen molar-refractivity contribution >= 4 is 0 Å². The zero-order chi connectivity index (χ0) is 14.7. The summed E-state index contributed by atoms with van der Waals surface area (Å²) < 4.78 is 53.7. The van der Waals surface area contributed by atoms with E-state index in [1.807, 2.05) is 0 Å². The van der Waals surface area contributed by atoms with Gasteiger partial charge in [0, 0.05) is 11.6 Å². The molecule has 0 aromatic heterocycles. The summed E-state index contributed by atoms with van der Waals surface area (Å²) in [6, 6.07) is 5.84. The standard InChI is InChI=1S/C15H13F4N/c1-2-20-15(9-6-10(16)8-11(17)7-9)12-4-3-5-13(18)14(12)19/h3-8,15,20H,2H2,1H3. The average Bonchev–Trinajstić information content (AvgIpc) is 2.38. The second kappa shape index (κ2) is 6.05. The second-order valence-corrected chi connectivity index (χ2v) is 4.34. The highest BCUT2D eigenvalue weighted by Crippen LogP contribution is 2.26. The molecule has 106 valence electrons. The fraction of sp³-hybridized carbons (Fsp3) is 0.200. The summed E-state index contributed by atoms with van der Waals surface area (Å²) in [5.41, 5.74) is 0.214. The summed E-state index contributed by atoms with van der Waals surface area (Å²) in [4.78, 5) is 0. The van der Waals surface area contributed by atoms with Gasteiger partial charge in [-0.2, -0.15) is 0 Å². The molecule has 0 saturated heterocycles. The molecule has 0 aliphatic heterocycles. The van der Waals surface area contributed by atoms with Gasteiger partial charge in [-0.1, -0.05) is 19.1 Å². The third-order valence-corrected chi connectivity index (χ3v) is 2.92. The molecule has 20 heavy (non-hydrogen) atoms. The van der Waals surface area contributed by atoms with E-state index in [9.17, 15) is 17.6 Å². The van der Waals surface area contributed by atoms with Crippen LogP contribution in [0.2, 0.25) is 0 Å². The number of rotatable bonds is 4. The maximum Gasteiger partial charge on any atom is 0.163 e.